The van der Waals surface area contributed by atoms with E-state index in [1.165, 1.54) is 13.0 Å². The smallest absolute Gasteiger partial charge is 0.330 e. The number of carboxylic acid groups (broad SMARTS) is 1. The molecular formula is C12H17NO2. The van der Waals surface area contributed by atoms with Crippen LogP contribution in [0.3, 0.4) is 0 Å². The van der Waals surface area contributed by atoms with Crippen LogP contribution in [-0.4, -0.2) is 11.1 Å². The average Bonchev–Trinajstić information content (AvgIpc) is 2.22. The molecule has 0 bridgehead atoms. The van der Waals surface area contributed by atoms with E-state index >= 15 is 0 Å². The number of allylic oxidation sites excluding steroid dienone is 1. The highest BCUT2D eigenvalue weighted by Gasteiger charge is 1.90. The Morgan fingerprint density at radius 2 is 1.53 bits per heavy atom. The first kappa shape index (κ1) is 23.0. The van der Waals surface area contributed by atoms with Crippen LogP contribution in [0.4, 0.5) is 0 Å². The molecule has 0 saturated heterocycles. The minimum absolute atomic E-state index is 0.176. The summed E-state index contributed by atoms with van der Waals surface area (Å²) in [4.78, 5) is 9.60. The minimum atomic E-state index is -0.935. The third kappa shape index (κ3) is 151. The first-order valence-electron chi connectivity index (χ1n) is 3.66. The van der Waals surface area contributed by atoms with Crippen LogP contribution in [0.2, 0.25) is 0 Å². The second-order valence-corrected chi connectivity index (χ2v) is 1.67. The van der Waals surface area contributed by atoms with Crippen molar-refractivity contribution in [2.24, 2.45) is 0 Å². The van der Waals surface area contributed by atoms with Crippen molar-refractivity contribution < 1.29 is 9.90 Å². The van der Waals surface area contributed by atoms with E-state index in [4.69, 9.17) is 10.4 Å². The van der Waals surface area contributed by atoms with E-state index in [1.807, 2.05) is 0 Å². The molecule has 0 aliphatic heterocycles. The van der Waals surface area contributed by atoms with Crippen molar-refractivity contribution in [2.45, 2.75) is 6.92 Å². The lowest BCUT2D eigenvalue weighted by molar-refractivity contribution is -0.132. The predicted molar refractivity (Wildman–Crippen MR) is 64.3 cm³/mol. The Kier molecular flexibility index (Phi) is 45.7. The SMILES string of the molecule is C=C.C=C(C)C(=O)O.C=C=C.C=CC#N. The second-order valence-electron chi connectivity index (χ2n) is 1.67. The molecule has 0 radical (unpaired) electrons. The van der Waals surface area contributed by atoms with Crippen molar-refractivity contribution in [2.75, 3.05) is 0 Å². The average molecular weight is 207 g/mol. The van der Waals surface area contributed by atoms with Gasteiger partial charge in [-0.2, -0.15) is 5.26 Å². The summed E-state index contributed by atoms with van der Waals surface area (Å²) in [6, 6.07) is 1.69. The molecule has 0 fully saturated rings. The predicted octanol–water partition coefficient (Wildman–Crippen LogP) is 3.10. The van der Waals surface area contributed by atoms with Crippen molar-refractivity contribution in [1.29, 1.82) is 5.26 Å². The van der Waals surface area contributed by atoms with Gasteiger partial charge < -0.3 is 5.11 Å². The van der Waals surface area contributed by atoms with Gasteiger partial charge in [0.15, 0.2) is 0 Å². The van der Waals surface area contributed by atoms with E-state index in [-0.39, 0.29) is 5.57 Å². The zero-order valence-electron chi connectivity index (χ0n) is 9.12. The van der Waals surface area contributed by atoms with E-state index < -0.39 is 5.97 Å². The maximum atomic E-state index is 9.60. The van der Waals surface area contributed by atoms with E-state index in [9.17, 15) is 4.79 Å². The molecule has 0 aromatic rings. The molecule has 0 aliphatic carbocycles. The van der Waals surface area contributed by atoms with Gasteiger partial charge in [-0.15, -0.1) is 18.9 Å². The molecule has 3 heteroatoms. The molecule has 0 spiro atoms. The third-order valence-electron chi connectivity index (χ3n) is 0.456. The molecule has 0 rings (SSSR count). The Labute approximate surface area is 91.7 Å². The fraction of sp³-hybridized carbons (Fsp3) is 0.0833. The molecular weight excluding hydrogens is 190 g/mol. The first-order chi connectivity index (χ1) is 6.97. The minimum Gasteiger partial charge on any atom is -0.478 e. The van der Waals surface area contributed by atoms with Gasteiger partial charge in [0.25, 0.3) is 0 Å². The summed E-state index contributed by atoms with van der Waals surface area (Å²) in [5.74, 6) is -0.935. The van der Waals surface area contributed by atoms with Crippen LogP contribution in [-0.2, 0) is 4.79 Å². The van der Waals surface area contributed by atoms with Crippen LogP contribution in [0.25, 0.3) is 0 Å². The van der Waals surface area contributed by atoms with Gasteiger partial charge in [0, 0.05) is 11.6 Å². The topological polar surface area (TPSA) is 61.1 Å². The summed E-state index contributed by atoms with van der Waals surface area (Å²) in [6.07, 6.45) is 1.18. The van der Waals surface area contributed by atoms with E-state index in [2.05, 4.69) is 45.2 Å². The Balaban J connectivity index is -0.0000000590. The van der Waals surface area contributed by atoms with Crippen molar-refractivity contribution in [3.05, 3.63) is 56.9 Å². The van der Waals surface area contributed by atoms with Gasteiger partial charge in [-0.1, -0.05) is 26.3 Å². The number of carboxylic acids is 1. The van der Waals surface area contributed by atoms with E-state index in [0.717, 1.165) is 0 Å². The monoisotopic (exact) mass is 207 g/mol. The summed E-state index contributed by atoms with van der Waals surface area (Å²) in [5.41, 5.74) is 2.43. The standard InChI is InChI=1S/C4H6O2.C3H3N.C3H4.C2H4/c1-3(2)4(5)6;1-2-3-4;1-3-2;1-2/h1H2,2H3,(H,5,6);2H,1H2;1-2H2;1-2H2. The van der Waals surface area contributed by atoms with Crippen LogP contribution in [0.15, 0.2) is 56.9 Å². The van der Waals surface area contributed by atoms with Crippen molar-refractivity contribution in [3.63, 3.8) is 0 Å². The molecule has 0 saturated carbocycles. The van der Waals surface area contributed by atoms with Crippen molar-refractivity contribution in [1.82, 2.24) is 0 Å². The summed E-state index contributed by atoms with van der Waals surface area (Å²) in [6.45, 7) is 20.0. The van der Waals surface area contributed by atoms with Gasteiger partial charge in [0.1, 0.15) is 0 Å². The van der Waals surface area contributed by atoms with Gasteiger partial charge >= 0.3 is 5.97 Å². The molecule has 1 N–H and O–H groups in total. The quantitative estimate of drug-likeness (QED) is 0.311. The zero-order valence-corrected chi connectivity index (χ0v) is 9.12. The number of carbonyl (C=O) groups is 1. The number of hydrogen-bond donors (Lipinski definition) is 1. The maximum absolute atomic E-state index is 9.60. The Morgan fingerprint density at radius 1 is 1.40 bits per heavy atom. The fourth-order valence-corrected chi connectivity index (χ4v) is 0. The lowest BCUT2D eigenvalue weighted by Gasteiger charge is -1.79. The summed E-state index contributed by atoms with van der Waals surface area (Å²) >= 11 is 0. The second kappa shape index (κ2) is 29.8. The molecule has 3 nitrogen and oxygen atoms in total. The zero-order chi connectivity index (χ0) is 13.3. The molecule has 0 aliphatic rings. The molecule has 0 amide bonds. The summed E-state index contributed by atoms with van der Waals surface area (Å²) < 4.78 is 0. The summed E-state index contributed by atoms with van der Waals surface area (Å²) in [7, 11) is 0. The largest absolute Gasteiger partial charge is 0.478 e. The number of rotatable bonds is 1. The molecule has 15 heavy (non-hydrogen) atoms. The molecule has 0 heterocycles. The highest BCUT2D eigenvalue weighted by molar-refractivity contribution is 5.84. The first-order valence-corrected chi connectivity index (χ1v) is 3.66. The fourth-order valence-electron chi connectivity index (χ4n) is 0. The lowest BCUT2D eigenvalue weighted by atomic mass is 10.4. The van der Waals surface area contributed by atoms with Gasteiger partial charge in [-0.25, -0.2) is 4.79 Å². The van der Waals surface area contributed by atoms with Crippen LogP contribution >= 0.6 is 0 Å². The Morgan fingerprint density at radius 3 is 1.53 bits per heavy atom. The van der Waals surface area contributed by atoms with Crippen molar-refractivity contribution in [3.8, 4) is 6.07 Å². The van der Waals surface area contributed by atoms with Crippen LogP contribution < -0.4 is 0 Å². The highest BCUT2D eigenvalue weighted by Crippen LogP contribution is 1.81. The van der Waals surface area contributed by atoms with E-state index in [1.54, 1.807) is 6.07 Å². The van der Waals surface area contributed by atoms with Crippen LogP contribution in [0.1, 0.15) is 6.92 Å². The Hall–Kier alpha value is -2.30. The van der Waals surface area contributed by atoms with E-state index in [0.29, 0.717) is 0 Å². The molecule has 0 unspecified atom stereocenters. The number of nitriles is 1. The van der Waals surface area contributed by atoms with Crippen LogP contribution in [0, 0.1) is 11.3 Å². The van der Waals surface area contributed by atoms with Crippen molar-refractivity contribution >= 4 is 5.97 Å². The highest BCUT2D eigenvalue weighted by atomic mass is 16.4. The molecule has 0 aromatic carbocycles. The molecule has 0 aromatic heterocycles. The molecule has 82 valence electrons. The maximum Gasteiger partial charge on any atom is 0.330 e. The van der Waals surface area contributed by atoms with Gasteiger partial charge in [0.05, 0.1) is 6.07 Å². The van der Waals surface area contributed by atoms with Gasteiger partial charge in [-0.05, 0) is 6.92 Å². The lowest BCUT2D eigenvalue weighted by Crippen LogP contribution is -1.92. The molecule has 0 atom stereocenters. The third-order valence-corrected chi connectivity index (χ3v) is 0.456. The number of aliphatic carboxylic acids is 1. The van der Waals surface area contributed by atoms with Gasteiger partial charge in [-0.3, -0.25) is 0 Å². The summed E-state index contributed by atoms with van der Waals surface area (Å²) in [5, 5.41) is 15.4. The van der Waals surface area contributed by atoms with Crippen LogP contribution in [0.5, 0.6) is 0 Å². The number of hydrogen-bond acceptors (Lipinski definition) is 2. The number of nitrogens with zero attached hydrogens (tertiary/aromatic N) is 1. The normalized spacial score (nSPS) is 4.80. The Bertz CT molecular complexity index is 241. The van der Waals surface area contributed by atoms with Gasteiger partial charge in [0.2, 0.25) is 0 Å².